The molecule has 1 aromatic heterocycles. The zero-order chi connectivity index (χ0) is 25.5. The predicted octanol–water partition coefficient (Wildman–Crippen LogP) is 2.62. The number of aryl methyl sites for hydroxylation is 1. The minimum Gasteiger partial charge on any atom is -0.481 e. The number of nitrogen functional groups attached to an aromatic ring is 1. The molecule has 1 heterocycles. The molecule has 0 spiro atoms. The first-order chi connectivity index (χ1) is 16.7. The van der Waals surface area contributed by atoms with Crippen LogP contribution in [-0.2, 0) is 16.1 Å². The van der Waals surface area contributed by atoms with Crippen molar-refractivity contribution < 1.29 is 14.3 Å². The van der Waals surface area contributed by atoms with Crippen molar-refractivity contribution in [3.63, 3.8) is 0 Å². The largest absolute Gasteiger partial charge is 0.481 e. The van der Waals surface area contributed by atoms with Gasteiger partial charge in [0.2, 0.25) is 0 Å². The number of carbonyl (C=O) groups excluding carboxylic acids is 1. The van der Waals surface area contributed by atoms with Crippen LogP contribution in [0.5, 0.6) is 5.75 Å². The Hall–Kier alpha value is -3.85. The van der Waals surface area contributed by atoms with Gasteiger partial charge in [0.15, 0.2) is 11.8 Å². The zero-order valence-corrected chi connectivity index (χ0v) is 20.5. The van der Waals surface area contributed by atoms with Gasteiger partial charge in [0.25, 0.3) is 11.5 Å². The Morgan fingerprint density at radius 3 is 2.51 bits per heavy atom. The second kappa shape index (κ2) is 11.5. The van der Waals surface area contributed by atoms with Gasteiger partial charge in [0, 0.05) is 20.3 Å². The number of rotatable bonds is 10. The number of amides is 1. The molecule has 0 saturated heterocycles. The van der Waals surface area contributed by atoms with E-state index in [1.807, 2.05) is 56.3 Å². The molecule has 9 heteroatoms. The summed E-state index contributed by atoms with van der Waals surface area (Å²) < 4.78 is 12.4. The number of methoxy groups -OCH3 is 1. The smallest absolute Gasteiger partial charge is 0.330 e. The van der Waals surface area contributed by atoms with E-state index in [-0.39, 0.29) is 24.6 Å². The molecule has 186 valence electrons. The Balaban J connectivity index is 2.00. The van der Waals surface area contributed by atoms with Crippen molar-refractivity contribution in [2.45, 2.75) is 39.8 Å². The molecule has 0 aliphatic carbocycles. The molecule has 0 bridgehead atoms. The van der Waals surface area contributed by atoms with Crippen LogP contribution in [0.1, 0.15) is 30.0 Å². The number of nitrogens with one attached hydrogen (secondary N) is 1. The maximum absolute atomic E-state index is 13.6. The summed E-state index contributed by atoms with van der Waals surface area (Å²) in [6.45, 7) is 6.17. The highest BCUT2D eigenvalue weighted by molar-refractivity contribution is 5.98. The molecule has 0 fully saturated rings. The summed E-state index contributed by atoms with van der Waals surface area (Å²) in [6, 6.07) is 14.8. The molecule has 0 aliphatic rings. The third-order valence-corrected chi connectivity index (χ3v) is 5.87. The number of nitrogens with zero attached hydrogens (tertiary/aromatic N) is 2. The minimum atomic E-state index is -0.911. The standard InChI is InChI=1S/C26H32N4O5/c1-17-10-8-13-21(18(17)2)35-19(3)25(32)29(14-9-15-34-4)22-23(27)30(26(33)28-24(22)31)16-20-11-6-5-7-12-20/h5-8,10-13,19H,9,14-16,27H2,1-4H3,(H,28,31,33). The number of benzene rings is 2. The summed E-state index contributed by atoms with van der Waals surface area (Å²) in [7, 11) is 1.56. The third-order valence-electron chi connectivity index (χ3n) is 5.87. The molecule has 0 radical (unpaired) electrons. The van der Waals surface area contributed by atoms with Crippen LogP contribution in [0.4, 0.5) is 11.5 Å². The van der Waals surface area contributed by atoms with E-state index < -0.39 is 23.3 Å². The number of hydrogen-bond acceptors (Lipinski definition) is 6. The van der Waals surface area contributed by atoms with E-state index in [2.05, 4.69) is 4.98 Å². The van der Waals surface area contributed by atoms with E-state index in [1.54, 1.807) is 20.1 Å². The molecule has 1 amide bonds. The lowest BCUT2D eigenvalue weighted by atomic mass is 10.1. The quantitative estimate of drug-likeness (QED) is 0.431. The topological polar surface area (TPSA) is 120 Å². The van der Waals surface area contributed by atoms with E-state index in [0.717, 1.165) is 16.7 Å². The summed E-state index contributed by atoms with van der Waals surface area (Å²) >= 11 is 0. The van der Waals surface area contributed by atoms with E-state index in [1.165, 1.54) is 9.47 Å². The molecule has 2 aromatic carbocycles. The van der Waals surface area contributed by atoms with E-state index in [0.29, 0.717) is 18.8 Å². The molecule has 1 atom stereocenters. The van der Waals surface area contributed by atoms with Gasteiger partial charge >= 0.3 is 5.69 Å². The van der Waals surface area contributed by atoms with Gasteiger partial charge in [-0.05, 0) is 49.9 Å². The summed E-state index contributed by atoms with van der Waals surface area (Å²) in [6.07, 6.45) is -0.457. The lowest BCUT2D eigenvalue weighted by Gasteiger charge is -2.27. The van der Waals surface area contributed by atoms with Gasteiger partial charge in [-0.25, -0.2) is 4.79 Å². The lowest BCUT2D eigenvalue weighted by molar-refractivity contribution is -0.124. The number of aromatic nitrogens is 2. The molecule has 3 aromatic rings. The SMILES string of the molecule is COCCCN(C(=O)C(C)Oc1cccc(C)c1C)c1c(N)n(Cc2ccccc2)c(=O)[nH]c1=O. The van der Waals surface area contributed by atoms with Gasteiger partial charge < -0.3 is 20.1 Å². The average molecular weight is 481 g/mol. The fourth-order valence-electron chi connectivity index (χ4n) is 3.77. The highest BCUT2D eigenvalue weighted by atomic mass is 16.5. The molecular formula is C26H32N4O5. The molecule has 3 N–H and O–H groups in total. The van der Waals surface area contributed by atoms with Gasteiger partial charge in [-0.15, -0.1) is 0 Å². The Morgan fingerprint density at radius 1 is 1.11 bits per heavy atom. The van der Waals surface area contributed by atoms with Crippen LogP contribution >= 0.6 is 0 Å². The van der Waals surface area contributed by atoms with Gasteiger partial charge in [0.05, 0.1) is 6.54 Å². The van der Waals surface area contributed by atoms with Crippen LogP contribution in [0.25, 0.3) is 0 Å². The van der Waals surface area contributed by atoms with Gasteiger partial charge in [-0.3, -0.25) is 19.1 Å². The van der Waals surface area contributed by atoms with Crippen molar-refractivity contribution in [1.29, 1.82) is 0 Å². The van der Waals surface area contributed by atoms with Crippen molar-refractivity contribution in [2.24, 2.45) is 0 Å². The second-order valence-electron chi connectivity index (χ2n) is 8.36. The van der Waals surface area contributed by atoms with Crippen molar-refractivity contribution in [2.75, 3.05) is 30.9 Å². The third kappa shape index (κ3) is 5.99. The van der Waals surface area contributed by atoms with Crippen LogP contribution < -0.4 is 26.6 Å². The number of aromatic amines is 1. The number of nitrogens with two attached hydrogens (primary N) is 1. The Labute approximate surface area is 204 Å². The van der Waals surface area contributed by atoms with Crippen molar-refractivity contribution in [3.05, 3.63) is 86.1 Å². The number of carbonyl (C=O) groups is 1. The second-order valence-corrected chi connectivity index (χ2v) is 8.36. The molecule has 35 heavy (non-hydrogen) atoms. The minimum absolute atomic E-state index is 0.0851. The number of ether oxygens (including phenoxy) is 2. The summed E-state index contributed by atoms with van der Waals surface area (Å²) in [5.74, 6) is 0.0371. The average Bonchev–Trinajstić information content (AvgIpc) is 2.83. The highest BCUT2D eigenvalue weighted by Crippen LogP contribution is 2.24. The summed E-state index contributed by atoms with van der Waals surface area (Å²) in [5, 5.41) is 0. The summed E-state index contributed by atoms with van der Waals surface area (Å²) in [4.78, 5) is 42.7. The zero-order valence-electron chi connectivity index (χ0n) is 20.5. The Morgan fingerprint density at radius 2 is 1.83 bits per heavy atom. The van der Waals surface area contributed by atoms with Gasteiger partial charge in [-0.2, -0.15) is 0 Å². The molecule has 0 saturated carbocycles. The first-order valence-electron chi connectivity index (χ1n) is 11.4. The summed E-state index contributed by atoms with van der Waals surface area (Å²) in [5.41, 5.74) is 7.66. The van der Waals surface area contributed by atoms with Crippen molar-refractivity contribution in [1.82, 2.24) is 9.55 Å². The van der Waals surface area contributed by atoms with Crippen LogP contribution in [0.3, 0.4) is 0 Å². The van der Waals surface area contributed by atoms with E-state index >= 15 is 0 Å². The first-order valence-corrected chi connectivity index (χ1v) is 11.4. The maximum atomic E-state index is 13.6. The van der Waals surface area contributed by atoms with Crippen LogP contribution in [0, 0.1) is 13.8 Å². The highest BCUT2D eigenvalue weighted by Gasteiger charge is 2.29. The van der Waals surface area contributed by atoms with E-state index in [9.17, 15) is 14.4 Å². The molecular weight excluding hydrogens is 448 g/mol. The number of hydrogen-bond donors (Lipinski definition) is 2. The Bertz CT molecular complexity index is 1280. The molecule has 0 aliphatic heterocycles. The van der Waals surface area contributed by atoms with E-state index in [4.69, 9.17) is 15.2 Å². The number of H-pyrrole nitrogens is 1. The number of anilines is 2. The van der Waals surface area contributed by atoms with Gasteiger partial charge in [-0.1, -0.05) is 42.5 Å². The van der Waals surface area contributed by atoms with Crippen LogP contribution in [0.2, 0.25) is 0 Å². The molecule has 3 rings (SSSR count). The van der Waals surface area contributed by atoms with Gasteiger partial charge in [0.1, 0.15) is 11.6 Å². The maximum Gasteiger partial charge on any atom is 0.330 e. The molecule has 1 unspecified atom stereocenters. The fraction of sp³-hybridized carbons (Fsp3) is 0.346. The normalized spacial score (nSPS) is 11.8. The van der Waals surface area contributed by atoms with Crippen LogP contribution in [0.15, 0.2) is 58.1 Å². The lowest BCUT2D eigenvalue weighted by Crippen LogP contribution is -2.46. The Kier molecular flexibility index (Phi) is 8.48. The monoisotopic (exact) mass is 480 g/mol. The first kappa shape index (κ1) is 25.8. The van der Waals surface area contributed by atoms with Crippen molar-refractivity contribution >= 4 is 17.4 Å². The van der Waals surface area contributed by atoms with Crippen molar-refractivity contribution in [3.8, 4) is 5.75 Å². The molecule has 9 nitrogen and oxygen atoms in total. The predicted molar refractivity (Wildman–Crippen MR) is 136 cm³/mol. The van der Waals surface area contributed by atoms with Crippen LogP contribution in [-0.4, -0.2) is 41.8 Å². The fourth-order valence-corrected chi connectivity index (χ4v) is 3.77.